The van der Waals surface area contributed by atoms with Gasteiger partial charge in [-0.2, -0.15) is 35.1 Å². The molecule has 0 aliphatic carbocycles. The Hall–Kier alpha value is -4.35. The Morgan fingerprint density at radius 2 is 1.57 bits per heavy atom. The average Bonchev–Trinajstić information content (AvgIpc) is 2.92. The van der Waals surface area contributed by atoms with Gasteiger partial charge in [0.15, 0.2) is 11.5 Å². The molecule has 0 radical (unpaired) electrons. The molecule has 3 aromatic carbocycles. The van der Waals surface area contributed by atoms with Gasteiger partial charge in [-0.1, -0.05) is 22.0 Å². The lowest BCUT2D eigenvalue weighted by Gasteiger charge is -2.31. The van der Waals surface area contributed by atoms with Gasteiger partial charge < -0.3 is 14.8 Å². The van der Waals surface area contributed by atoms with Gasteiger partial charge in [0.25, 0.3) is 11.6 Å². The normalized spacial score (nSPS) is 12.2. The lowest BCUT2D eigenvalue weighted by atomic mass is 9.91. The molecule has 0 aromatic heterocycles. The van der Waals surface area contributed by atoms with Crippen LogP contribution >= 0.6 is 15.9 Å². The second kappa shape index (κ2) is 12.7. The van der Waals surface area contributed by atoms with Crippen LogP contribution in [0, 0.1) is 10.1 Å². The summed E-state index contributed by atoms with van der Waals surface area (Å²) in [5, 5.41) is 13.2. The van der Waals surface area contributed by atoms with E-state index in [4.69, 9.17) is 4.74 Å². The van der Waals surface area contributed by atoms with Crippen LogP contribution in [0.5, 0.6) is 11.5 Å². The molecule has 1 N–H and O–H groups in total. The van der Waals surface area contributed by atoms with E-state index in [0.717, 1.165) is 37.4 Å². The summed E-state index contributed by atoms with van der Waals surface area (Å²) < 4.78 is 129. The molecular formula is C26H16BrF9N2O6. The highest BCUT2D eigenvalue weighted by molar-refractivity contribution is 9.10. The van der Waals surface area contributed by atoms with Crippen molar-refractivity contribution in [3.63, 3.8) is 0 Å². The zero-order chi connectivity index (χ0) is 33.2. The van der Waals surface area contributed by atoms with Crippen molar-refractivity contribution in [2.24, 2.45) is 0 Å². The van der Waals surface area contributed by atoms with E-state index in [-0.39, 0.29) is 40.4 Å². The number of nitrogens with one attached hydrogen (secondary N) is 1. The first kappa shape index (κ1) is 34.1. The lowest BCUT2D eigenvalue weighted by molar-refractivity contribution is -0.384. The molecule has 0 atom stereocenters. The molecule has 0 aliphatic rings. The standard InChI is InChI=1S/C26H16BrF9N2O6/c1-43-21-15(3-2-4-18(21)37-22(40)12-5-7-14(8-6-12)38(41)42)19(39)11-16-17(27)9-13(10-20(16)44-23(28)29)24(30,25(31,32)33)26(34,35)36/h2-10,23H,11H2,1H3,(H,37,40). The van der Waals surface area contributed by atoms with Crippen molar-refractivity contribution < 1.29 is 63.5 Å². The molecule has 0 saturated carbocycles. The van der Waals surface area contributed by atoms with Gasteiger partial charge in [0, 0.05) is 39.7 Å². The molecule has 18 heteroatoms. The van der Waals surface area contributed by atoms with Gasteiger partial charge in [-0.15, -0.1) is 0 Å². The number of halogens is 10. The van der Waals surface area contributed by atoms with Crippen LogP contribution in [0.2, 0.25) is 0 Å². The van der Waals surface area contributed by atoms with Gasteiger partial charge in [-0.25, -0.2) is 4.39 Å². The van der Waals surface area contributed by atoms with Gasteiger partial charge >= 0.3 is 24.6 Å². The number of non-ortho nitro benzene ring substituents is 1. The highest BCUT2D eigenvalue weighted by Crippen LogP contribution is 2.54. The highest BCUT2D eigenvalue weighted by atomic mass is 79.9. The fourth-order valence-corrected chi connectivity index (χ4v) is 4.51. The Bertz CT molecular complexity index is 1560. The number of carbonyl (C=O) groups excluding carboxylic acids is 2. The molecule has 0 heterocycles. The average molecular weight is 703 g/mol. The van der Waals surface area contributed by atoms with Crippen LogP contribution in [0.1, 0.15) is 31.8 Å². The van der Waals surface area contributed by atoms with Crippen LogP contribution in [-0.2, 0) is 12.1 Å². The maximum absolute atomic E-state index is 14.7. The largest absolute Gasteiger partial charge is 0.494 e. The lowest BCUT2D eigenvalue weighted by Crippen LogP contribution is -2.50. The van der Waals surface area contributed by atoms with Gasteiger partial charge in [-0.3, -0.25) is 19.7 Å². The van der Waals surface area contributed by atoms with E-state index in [0.29, 0.717) is 0 Å². The number of amides is 1. The first-order valence-corrected chi connectivity index (χ1v) is 12.5. The van der Waals surface area contributed by atoms with Crippen LogP contribution in [0.25, 0.3) is 0 Å². The summed E-state index contributed by atoms with van der Waals surface area (Å²) in [6.07, 6.45) is -14.1. The summed E-state index contributed by atoms with van der Waals surface area (Å²) in [5.41, 5.74) is -9.54. The van der Waals surface area contributed by atoms with Crippen molar-refractivity contribution in [2.45, 2.75) is 31.1 Å². The minimum absolute atomic E-state index is 0.0335. The fraction of sp³-hybridized carbons (Fsp3) is 0.231. The van der Waals surface area contributed by atoms with Crippen LogP contribution in [-0.4, -0.2) is 42.7 Å². The molecule has 1 amide bonds. The van der Waals surface area contributed by atoms with Gasteiger partial charge in [0.05, 0.1) is 23.3 Å². The SMILES string of the molecule is COc1c(NC(=O)c2ccc([N+](=O)[O-])cc2)cccc1C(=O)Cc1c(Br)cc(C(F)(C(F)(F)F)C(F)(F)F)cc1OC(F)F. The third kappa shape index (κ3) is 6.89. The van der Waals surface area contributed by atoms with E-state index in [1.165, 1.54) is 12.1 Å². The minimum Gasteiger partial charge on any atom is -0.494 e. The summed E-state index contributed by atoms with van der Waals surface area (Å²) in [6.45, 7) is -3.80. The maximum atomic E-state index is 14.7. The molecule has 0 fully saturated rings. The number of rotatable bonds is 10. The van der Waals surface area contributed by atoms with E-state index >= 15 is 0 Å². The second-order valence-corrected chi connectivity index (χ2v) is 9.57. The molecule has 0 spiro atoms. The van der Waals surface area contributed by atoms with Gasteiger partial charge in [0.2, 0.25) is 0 Å². The number of hydrogen-bond donors (Lipinski definition) is 1. The third-order valence-corrected chi connectivity index (χ3v) is 6.70. The molecular weight excluding hydrogens is 687 g/mol. The number of alkyl halides is 9. The number of nitrogens with zero attached hydrogens (tertiary/aromatic N) is 1. The zero-order valence-electron chi connectivity index (χ0n) is 21.7. The number of hydrogen-bond acceptors (Lipinski definition) is 6. The zero-order valence-corrected chi connectivity index (χ0v) is 23.2. The van der Waals surface area contributed by atoms with Crippen molar-refractivity contribution >= 4 is 39.0 Å². The van der Waals surface area contributed by atoms with Crippen LogP contribution in [0.3, 0.4) is 0 Å². The predicted molar refractivity (Wildman–Crippen MR) is 138 cm³/mol. The van der Waals surface area contributed by atoms with E-state index in [1.54, 1.807) is 0 Å². The number of ether oxygens (including phenoxy) is 2. The van der Waals surface area contributed by atoms with Crippen LogP contribution < -0.4 is 14.8 Å². The second-order valence-electron chi connectivity index (χ2n) is 8.71. The van der Waals surface area contributed by atoms with Crippen molar-refractivity contribution in [3.8, 4) is 11.5 Å². The smallest absolute Gasteiger partial charge is 0.435 e. The molecule has 8 nitrogen and oxygen atoms in total. The number of para-hydroxylation sites is 1. The van der Waals surface area contributed by atoms with E-state index in [1.807, 2.05) is 0 Å². The number of benzene rings is 3. The molecule has 3 aromatic rings. The van der Waals surface area contributed by atoms with Crippen LogP contribution in [0.4, 0.5) is 50.9 Å². The Morgan fingerprint density at radius 3 is 2.07 bits per heavy atom. The maximum Gasteiger partial charge on any atom is 0.435 e. The molecule has 0 aliphatic heterocycles. The molecule has 0 bridgehead atoms. The van der Waals surface area contributed by atoms with Gasteiger partial charge in [-0.05, 0) is 36.4 Å². The quantitative estimate of drug-likeness (QED) is 0.0995. The number of carbonyl (C=O) groups is 2. The van der Waals surface area contributed by atoms with E-state index in [2.05, 4.69) is 26.0 Å². The van der Waals surface area contributed by atoms with Crippen molar-refractivity contribution in [3.05, 3.63) is 91.4 Å². The van der Waals surface area contributed by atoms with Gasteiger partial charge in [0.1, 0.15) is 5.75 Å². The molecule has 44 heavy (non-hydrogen) atoms. The van der Waals surface area contributed by atoms with E-state index < -0.39 is 69.0 Å². The van der Waals surface area contributed by atoms with Crippen molar-refractivity contribution in [1.82, 2.24) is 0 Å². The first-order valence-electron chi connectivity index (χ1n) is 11.7. The minimum atomic E-state index is -6.56. The first-order chi connectivity index (χ1) is 20.3. The Balaban J connectivity index is 2.02. The Kier molecular flexibility index (Phi) is 9.86. The van der Waals surface area contributed by atoms with E-state index in [9.17, 15) is 59.2 Å². The Morgan fingerprint density at radius 1 is 0.977 bits per heavy atom. The highest BCUT2D eigenvalue weighted by Gasteiger charge is 2.73. The molecule has 236 valence electrons. The summed E-state index contributed by atoms with van der Waals surface area (Å²) in [4.78, 5) is 36.0. The summed E-state index contributed by atoms with van der Waals surface area (Å²) in [6, 6.07) is 7.91. The predicted octanol–water partition coefficient (Wildman–Crippen LogP) is 7.93. The topological polar surface area (TPSA) is 108 Å². The molecule has 0 unspecified atom stereocenters. The Labute approximate surface area is 249 Å². The number of ketones is 1. The molecule has 0 saturated heterocycles. The summed E-state index contributed by atoms with van der Waals surface area (Å²) in [5.74, 6) is -3.43. The summed E-state index contributed by atoms with van der Waals surface area (Å²) >= 11 is 2.63. The third-order valence-electron chi connectivity index (χ3n) is 6.00. The van der Waals surface area contributed by atoms with Crippen molar-refractivity contribution in [2.75, 3.05) is 12.4 Å². The number of Topliss-reactive ketones (excluding diaryl/α,β-unsaturated/α-hetero) is 1. The number of anilines is 1. The fourth-order valence-electron chi connectivity index (χ4n) is 3.93. The van der Waals surface area contributed by atoms with Crippen LogP contribution in [0.15, 0.2) is 59.1 Å². The number of nitro benzene ring substituents is 1. The monoisotopic (exact) mass is 702 g/mol. The van der Waals surface area contributed by atoms with Crippen molar-refractivity contribution in [1.29, 1.82) is 0 Å². The number of methoxy groups -OCH3 is 1. The molecule has 3 rings (SSSR count). The number of nitro groups is 1. The summed E-state index contributed by atoms with van der Waals surface area (Å²) in [7, 11) is 1.08.